The van der Waals surface area contributed by atoms with Crippen molar-refractivity contribution in [2.45, 2.75) is 32.2 Å². The van der Waals surface area contributed by atoms with Crippen molar-refractivity contribution in [2.75, 3.05) is 6.54 Å². The van der Waals surface area contributed by atoms with Crippen molar-refractivity contribution in [3.05, 3.63) is 39.4 Å². The summed E-state index contributed by atoms with van der Waals surface area (Å²) in [5.74, 6) is -1.66. The quantitative estimate of drug-likeness (QED) is 0.678. The second kappa shape index (κ2) is 5.90. The number of likely N-dealkylation sites (tertiary alicyclic amines) is 1. The summed E-state index contributed by atoms with van der Waals surface area (Å²) in [6, 6.07) is 3.36. The van der Waals surface area contributed by atoms with Crippen LogP contribution in [-0.2, 0) is 4.79 Å². The summed E-state index contributed by atoms with van der Waals surface area (Å²) >= 11 is 0. The highest BCUT2D eigenvalue weighted by molar-refractivity contribution is 6.00. The van der Waals surface area contributed by atoms with Crippen molar-refractivity contribution in [1.29, 1.82) is 0 Å². The van der Waals surface area contributed by atoms with Crippen LogP contribution in [0.2, 0.25) is 0 Å². The highest BCUT2D eigenvalue weighted by Crippen LogP contribution is 2.25. The highest BCUT2D eigenvalue weighted by Gasteiger charge is 2.35. The van der Waals surface area contributed by atoms with Gasteiger partial charge >= 0.3 is 5.97 Å². The van der Waals surface area contributed by atoms with Gasteiger partial charge in [0.05, 0.1) is 4.92 Å². The maximum atomic E-state index is 12.6. The smallest absolute Gasteiger partial charge is 0.326 e. The number of aliphatic carboxylic acids is 1. The zero-order chi connectivity index (χ0) is 15.6. The van der Waals surface area contributed by atoms with E-state index in [2.05, 4.69) is 0 Å². The lowest BCUT2D eigenvalue weighted by Crippen LogP contribution is -2.48. The summed E-state index contributed by atoms with van der Waals surface area (Å²) in [6.07, 6.45) is 1.81. The van der Waals surface area contributed by atoms with Gasteiger partial charge in [-0.25, -0.2) is 4.79 Å². The fourth-order valence-corrected chi connectivity index (χ4v) is 2.57. The van der Waals surface area contributed by atoms with Gasteiger partial charge in [-0.05, 0) is 37.8 Å². The van der Waals surface area contributed by atoms with Crippen molar-refractivity contribution >= 4 is 17.6 Å². The van der Waals surface area contributed by atoms with E-state index >= 15 is 0 Å². The van der Waals surface area contributed by atoms with Crippen LogP contribution in [0.15, 0.2) is 18.2 Å². The molecule has 1 heterocycles. The van der Waals surface area contributed by atoms with Crippen LogP contribution in [0.1, 0.15) is 35.2 Å². The molecule has 1 amide bonds. The van der Waals surface area contributed by atoms with Crippen molar-refractivity contribution in [2.24, 2.45) is 0 Å². The van der Waals surface area contributed by atoms with E-state index in [1.54, 1.807) is 13.0 Å². The predicted molar refractivity (Wildman–Crippen MR) is 74.1 cm³/mol. The van der Waals surface area contributed by atoms with Gasteiger partial charge in [-0.15, -0.1) is 0 Å². The number of amides is 1. The van der Waals surface area contributed by atoms with Gasteiger partial charge in [0.1, 0.15) is 11.6 Å². The van der Waals surface area contributed by atoms with Gasteiger partial charge in [-0.2, -0.15) is 0 Å². The molecule has 1 aliphatic rings. The third-order valence-electron chi connectivity index (χ3n) is 3.63. The number of carboxylic acids is 1. The van der Waals surface area contributed by atoms with Crippen LogP contribution in [0.25, 0.3) is 0 Å². The Labute approximate surface area is 121 Å². The molecule has 0 bridgehead atoms. The lowest BCUT2D eigenvalue weighted by molar-refractivity contribution is -0.385. The third-order valence-corrected chi connectivity index (χ3v) is 3.63. The molecule has 1 atom stereocenters. The van der Waals surface area contributed by atoms with Crippen LogP contribution in [-0.4, -0.2) is 39.4 Å². The molecule has 1 fully saturated rings. The van der Waals surface area contributed by atoms with Gasteiger partial charge in [-0.3, -0.25) is 14.9 Å². The Kier molecular flexibility index (Phi) is 4.21. The predicted octanol–water partition coefficient (Wildman–Crippen LogP) is 1.98. The standard InChI is InChI=1S/C14H16N2O5/c1-9-5-6-11(16(20)21)10(8-9)13(17)15-7-3-2-4-12(15)14(18)19/h5-6,8,12H,2-4,7H2,1H3,(H,18,19)/t12-/m0/s1. The first-order valence-corrected chi connectivity index (χ1v) is 6.70. The topological polar surface area (TPSA) is 101 Å². The van der Waals surface area contributed by atoms with E-state index in [4.69, 9.17) is 0 Å². The van der Waals surface area contributed by atoms with Gasteiger partial charge in [0.15, 0.2) is 0 Å². The number of nitrogens with zero attached hydrogens (tertiary/aromatic N) is 2. The lowest BCUT2D eigenvalue weighted by atomic mass is 10.00. The Morgan fingerprint density at radius 3 is 2.71 bits per heavy atom. The van der Waals surface area contributed by atoms with Gasteiger partial charge in [-0.1, -0.05) is 6.07 Å². The molecule has 112 valence electrons. The van der Waals surface area contributed by atoms with E-state index in [9.17, 15) is 24.8 Å². The van der Waals surface area contributed by atoms with Crippen molar-refractivity contribution < 1.29 is 19.6 Å². The van der Waals surface area contributed by atoms with Crippen LogP contribution >= 0.6 is 0 Å². The summed E-state index contributed by atoms with van der Waals surface area (Å²) in [7, 11) is 0. The van der Waals surface area contributed by atoms with E-state index in [1.807, 2.05) is 0 Å². The maximum Gasteiger partial charge on any atom is 0.326 e. The Bertz CT molecular complexity index is 599. The summed E-state index contributed by atoms with van der Waals surface area (Å²) in [6.45, 7) is 2.03. The fourth-order valence-electron chi connectivity index (χ4n) is 2.57. The van der Waals surface area contributed by atoms with E-state index in [1.165, 1.54) is 17.0 Å². The number of aryl methyl sites for hydroxylation is 1. The summed E-state index contributed by atoms with van der Waals surface area (Å²) in [5.41, 5.74) is 0.376. The minimum Gasteiger partial charge on any atom is -0.480 e. The molecule has 7 heteroatoms. The molecule has 1 N–H and O–H groups in total. The van der Waals surface area contributed by atoms with Gasteiger partial charge < -0.3 is 10.0 Å². The SMILES string of the molecule is Cc1ccc([N+](=O)[O-])c(C(=O)N2CCCC[C@H]2C(=O)O)c1. The molecule has 0 spiro atoms. The van der Waals surface area contributed by atoms with E-state index in [0.29, 0.717) is 24.9 Å². The average Bonchev–Trinajstić information content (AvgIpc) is 2.46. The minimum atomic E-state index is -1.07. The van der Waals surface area contributed by atoms with Crippen molar-refractivity contribution in [1.82, 2.24) is 4.90 Å². The normalized spacial score (nSPS) is 18.3. The second-order valence-corrected chi connectivity index (χ2v) is 5.13. The largest absolute Gasteiger partial charge is 0.480 e. The summed E-state index contributed by atoms with van der Waals surface area (Å²) in [4.78, 5) is 35.5. The molecular weight excluding hydrogens is 276 g/mol. The molecular formula is C14H16N2O5. The number of nitro groups is 1. The Hall–Kier alpha value is -2.44. The second-order valence-electron chi connectivity index (χ2n) is 5.13. The first kappa shape index (κ1) is 15.0. The number of carbonyl (C=O) groups is 2. The number of carboxylic acid groups (broad SMARTS) is 1. The van der Waals surface area contributed by atoms with Crippen molar-refractivity contribution in [3.63, 3.8) is 0 Å². The molecule has 21 heavy (non-hydrogen) atoms. The average molecular weight is 292 g/mol. The maximum absolute atomic E-state index is 12.6. The van der Waals surface area contributed by atoms with Crippen LogP contribution in [0.3, 0.4) is 0 Å². The molecule has 0 aliphatic carbocycles. The number of benzene rings is 1. The molecule has 0 radical (unpaired) electrons. The van der Waals surface area contributed by atoms with E-state index in [-0.39, 0.29) is 11.3 Å². The zero-order valence-electron chi connectivity index (χ0n) is 11.6. The molecule has 2 rings (SSSR count). The molecule has 1 aliphatic heterocycles. The van der Waals surface area contributed by atoms with Gasteiger partial charge in [0, 0.05) is 12.6 Å². The lowest BCUT2D eigenvalue weighted by Gasteiger charge is -2.32. The van der Waals surface area contributed by atoms with Crippen LogP contribution in [0.5, 0.6) is 0 Å². The Morgan fingerprint density at radius 1 is 1.38 bits per heavy atom. The highest BCUT2D eigenvalue weighted by atomic mass is 16.6. The van der Waals surface area contributed by atoms with Gasteiger partial charge in [0.25, 0.3) is 11.6 Å². The third kappa shape index (κ3) is 3.01. The molecule has 1 saturated heterocycles. The first-order chi connectivity index (χ1) is 9.91. The molecule has 0 saturated carbocycles. The van der Waals surface area contributed by atoms with Crippen LogP contribution in [0.4, 0.5) is 5.69 Å². The zero-order valence-corrected chi connectivity index (χ0v) is 11.6. The van der Waals surface area contributed by atoms with Crippen LogP contribution in [0, 0.1) is 17.0 Å². The van der Waals surface area contributed by atoms with Crippen molar-refractivity contribution in [3.8, 4) is 0 Å². The number of hydrogen-bond donors (Lipinski definition) is 1. The number of carbonyl (C=O) groups excluding carboxylic acids is 1. The molecule has 7 nitrogen and oxygen atoms in total. The fraction of sp³-hybridized carbons (Fsp3) is 0.429. The monoisotopic (exact) mass is 292 g/mol. The van der Waals surface area contributed by atoms with E-state index in [0.717, 1.165) is 6.42 Å². The van der Waals surface area contributed by atoms with Crippen LogP contribution < -0.4 is 0 Å². The number of nitro benzene ring substituents is 1. The minimum absolute atomic E-state index is 0.0480. The summed E-state index contributed by atoms with van der Waals surface area (Å²) in [5, 5.41) is 20.3. The molecule has 0 unspecified atom stereocenters. The number of hydrogen-bond acceptors (Lipinski definition) is 4. The number of rotatable bonds is 3. The Balaban J connectivity index is 2.40. The molecule has 1 aromatic rings. The Morgan fingerprint density at radius 2 is 2.10 bits per heavy atom. The molecule has 0 aromatic heterocycles. The van der Waals surface area contributed by atoms with E-state index < -0.39 is 22.8 Å². The first-order valence-electron chi connectivity index (χ1n) is 6.70. The number of piperidine rings is 1. The molecule has 1 aromatic carbocycles. The van der Waals surface area contributed by atoms with Gasteiger partial charge in [0.2, 0.25) is 0 Å². The summed E-state index contributed by atoms with van der Waals surface area (Å²) < 4.78 is 0.